The lowest BCUT2D eigenvalue weighted by molar-refractivity contribution is 0.588. The van der Waals surface area contributed by atoms with Gasteiger partial charge in [-0.15, -0.1) is 11.3 Å². The van der Waals surface area contributed by atoms with Crippen LogP contribution in [0, 0.1) is 5.82 Å². The summed E-state index contributed by atoms with van der Waals surface area (Å²) < 4.78 is 17.8. The molecule has 0 amide bonds. The van der Waals surface area contributed by atoms with E-state index in [-0.39, 0.29) is 5.82 Å². The highest BCUT2D eigenvalue weighted by Crippen LogP contribution is 2.43. The highest BCUT2D eigenvalue weighted by Gasteiger charge is 2.29. The van der Waals surface area contributed by atoms with Crippen LogP contribution in [0.15, 0.2) is 52.2 Å². The summed E-state index contributed by atoms with van der Waals surface area (Å²) in [6.45, 7) is 0. The van der Waals surface area contributed by atoms with Crippen molar-refractivity contribution in [1.82, 2.24) is 9.29 Å². The predicted molar refractivity (Wildman–Crippen MR) is 95.5 cm³/mol. The van der Waals surface area contributed by atoms with E-state index in [1.165, 1.54) is 15.3 Å². The van der Waals surface area contributed by atoms with Crippen molar-refractivity contribution in [3.8, 4) is 11.3 Å². The molecule has 23 heavy (non-hydrogen) atoms. The smallest absolute Gasteiger partial charge is 0.132 e. The van der Waals surface area contributed by atoms with Crippen LogP contribution in [0.2, 0.25) is 0 Å². The van der Waals surface area contributed by atoms with E-state index in [0.29, 0.717) is 11.6 Å². The number of rotatable bonds is 4. The summed E-state index contributed by atoms with van der Waals surface area (Å²) in [4.78, 5) is 0. The van der Waals surface area contributed by atoms with E-state index >= 15 is 0 Å². The lowest BCUT2D eigenvalue weighted by Crippen LogP contribution is -2.12. The van der Waals surface area contributed by atoms with Gasteiger partial charge >= 0.3 is 0 Å². The van der Waals surface area contributed by atoms with Crippen molar-refractivity contribution in [3.63, 3.8) is 0 Å². The Hall–Kier alpha value is -1.56. The summed E-state index contributed by atoms with van der Waals surface area (Å²) in [5.41, 5.74) is 4.28. The van der Waals surface area contributed by atoms with Crippen molar-refractivity contribution >= 4 is 23.3 Å². The van der Waals surface area contributed by atoms with Gasteiger partial charge < -0.3 is 5.32 Å². The van der Waals surface area contributed by atoms with E-state index in [9.17, 15) is 4.39 Å². The van der Waals surface area contributed by atoms with E-state index in [0.717, 1.165) is 18.5 Å². The maximum atomic E-state index is 14.4. The van der Waals surface area contributed by atoms with Crippen LogP contribution in [0.4, 0.5) is 4.39 Å². The molecule has 1 atom stereocenters. The van der Waals surface area contributed by atoms with Gasteiger partial charge in [0, 0.05) is 29.8 Å². The molecule has 0 radical (unpaired) electrons. The molecule has 2 heterocycles. The highest BCUT2D eigenvalue weighted by molar-refractivity contribution is 7.99. The van der Waals surface area contributed by atoms with Crippen LogP contribution < -0.4 is 5.32 Å². The Bertz CT molecular complexity index is 824. The molecule has 0 aliphatic heterocycles. The third-order valence-electron chi connectivity index (χ3n) is 4.33. The standard InChI is InChI=1S/C18H17FN2S2/c1-20-16-9-8-12-14(16)11-21(23-17-7-4-10-22-17)18(12)13-5-2-3-6-15(13)19/h2-7,10-11,16,20H,8-9H2,1H3. The summed E-state index contributed by atoms with van der Waals surface area (Å²) in [6, 6.07) is 11.6. The van der Waals surface area contributed by atoms with Crippen LogP contribution in [-0.4, -0.2) is 11.0 Å². The third kappa shape index (κ3) is 2.63. The number of fused-ring (bicyclic) bond motifs is 1. The number of halogens is 1. The average molecular weight is 344 g/mol. The second-order valence-corrected chi connectivity index (χ2v) is 7.84. The molecule has 2 nitrogen and oxygen atoms in total. The van der Waals surface area contributed by atoms with Gasteiger partial charge in [-0.05, 0) is 54.6 Å². The Morgan fingerprint density at radius 3 is 2.87 bits per heavy atom. The van der Waals surface area contributed by atoms with Gasteiger partial charge in [-0.1, -0.05) is 18.2 Å². The van der Waals surface area contributed by atoms with Crippen molar-refractivity contribution in [2.75, 3.05) is 7.05 Å². The SMILES string of the molecule is CNC1CCc2c1cn(Sc1cccs1)c2-c1ccccc1F. The van der Waals surface area contributed by atoms with Crippen molar-refractivity contribution in [1.29, 1.82) is 0 Å². The normalized spacial score (nSPS) is 16.7. The number of aromatic nitrogens is 1. The maximum Gasteiger partial charge on any atom is 0.132 e. The molecule has 0 bridgehead atoms. The minimum atomic E-state index is -0.158. The molecule has 0 saturated heterocycles. The van der Waals surface area contributed by atoms with Gasteiger partial charge in [-0.25, -0.2) is 4.39 Å². The fraction of sp³-hybridized carbons (Fsp3) is 0.222. The Labute approximate surface area is 143 Å². The third-order valence-corrected chi connectivity index (χ3v) is 6.30. The Morgan fingerprint density at radius 1 is 1.26 bits per heavy atom. The minimum Gasteiger partial charge on any atom is -0.313 e. The molecule has 0 spiro atoms. The molecule has 118 valence electrons. The van der Waals surface area contributed by atoms with Crippen LogP contribution in [0.25, 0.3) is 11.3 Å². The molecule has 3 aromatic rings. The zero-order valence-corrected chi connectivity index (χ0v) is 14.4. The van der Waals surface area contributed by atoms with E-state index < -0.39 is 0 Å². The monoisotopic (exact) mass is 344 g/mol. The molecular formula is C18H17FN2S2. The molecule has 0 fully saturated rings. The fourth-order valence-corrected chi connectivity index (χ4v) is 5.09. The van der Waals surface area contributed by atoms with E-state index in [1.807, 2.05) is 25.2 Å². The molecule has 0 saturated carbocycles. The van der Waals surface area contributed by atoms with Crippen molar-refractivity contribution < 1.29 is 4.39 Å². The largest absolute Gasteiger partial charge is 0.313 e. The zero-order valence-electron chi connectivity index (χ0n) is 12.8. The van der Waals surface area contributed by atoms with Gasteiger partial charge in [0.25, 0.3) is 0 Å². The lowest BCUT2D eigenvalue weighted by Gasteiger charge is -2.11. The summed E-state index contributed by atoms with van der Waals surface area (Å²) in [5.74, 6) is -0.158. The van der Waals surface area contributed by atoms with Gasteiger partial charge in [0.1, 0.15) is 5.82 Å². The van der Waals surface area contributed by atoms with E-state index in [4.69, 9.17) is 0 Å². The van der Waals surface area contributed by atoms with Crippen LogP contribution in [-0.2, 0) is 6.42 Å². The molecule has 1 unspecified atom stereocenters. The maximum absolute atomic E-state index is 14.4. The number of hydrogen-bond acceptors (Lipinski definition) is 3. The van der Waals surface area contributed by atoms with E-state index in [2.05, 4.69) is 26.9 Å². The van der Waals surface area contributed by atoms with Crippen molar-refractivity contribution in [3.05, 3.63) is 64.9 Å². The summed E-state index contributed by atoms with van der Waals surface area (Å²) in [5, 5.41) is 5.44. The van der Waals surface area contributed by atoms with Gasteiger partial charge in [0.2, 0.25) is 0 Å². The first kappa shape index (κ1) is 15.0. The second kappa shape index (κ2) is 6.15. The Morgan fingerprint density at radius 2 is 2.13 bits per heavy atom. The average Bonchev–Trinajstić information content (AvgIpc) is 3.25. The summed E-state index contributed by atoms with van der Waals surface area (Å²) >= 11 is 3.37. The van der Waals surface area contributed by atoms with Gasteiger partial charge in [0.15, 0.2) is 0 Å². The van der Waals surface area contributed by atoms with Crippen LogP contribution in [0.3, 0.4) is 0 Å². The predicted octanol–water partition coefficient (Wildman–Crippen LogP) is 5.12. The van der Waals surface area contributed by atoms with Crippen molar-refractivity contribution in [2.45, 2.75) is 23.1 Å². The zero-order chi connectivity index (χ0) is 15.8. The first-order valence-corrected chi connectivity index (χ1v) is 9.31. The first-order valence-electron chi connectivity index (χ1n) is 7.66. The van der Waals surface area contributed by atoms with Crippen LogP contribution in [0.5, 0.6) is 0 Å². The number of hydrogen-bond donors (Lipinski definition) is 1. The molecule has 1 aliphatic carbocycles. The number of thiophene rings is 1. The Kier molecular flexibility index (Phi) is 4.01. The lowest BCUT2D eigenvalue weighted by atomic mass is 10.1. The fourth-order valence-electron chi connectivity index (χ4n) is 3.26. The van der Waals surface area contributed by atoms with E-state index in [1.54, 1.807) is 35.4 Å². The molecule has 2 aromatic heterocycles. The molecular weight excluding hydrogens is 327 g/mol. The molecule has 1 aliphatic rings. The van der Waals surface area contributed by atoms with Crippen LogP contribution in [0.1, 0.15) is 23.6 Å². The number of nitrogens with one attached hydrogen (secondary N) is 1. The van der Waals surface area contributed by atoms with Crippen molar-refractivity contribution in [2.24, 2.45) is 0 Å². The van der Waals surface area contributed by atoms with Gasteiger partial charge in [-0.3, -0.25) is 3.97 Å². The van der Waals surface area contributed by atoms with Gasteiger partial charge in [-0.2, -0.15) is 0 Å². The molecule has 1 N–H and O–H groups in total. The highest BCUT2D eigenvalue weighted by atomic mass is 32.2. The molecule has 4 rings (SSSR count). The molecule has 1 aromatic carbocycles. The quantitative estimate of drug-likeness (QED) is 0.708. The molecule has 5 heteroatoms. The first-order chi connectivity index (χ1) is 11.3. The summed E-state index contributed by atoms with van der Waals surface area (Å²) in [6.07, 6.45) is 4.24. The minimum absolute atomic E-state index is 0.158. The van der Waals surface area contributed by atoms with Gasteiger partial charge in [0.05, 0.1) is 9.90 Å². The topological polar surface area (TPSA) is 17.0 Å². The number of benzene rings is 1. The second-order valence-electron chi connectivity index (χ2n) is 5.62. The van der Waals surface area contributed by atoms with Crippen LogP contribution >= 0.6 is 23.3 Å². The number of nitrogens with zero attached hydrogens (tertiary/aromatic N) is 1. The Balaban J connectivity index is 1.87. The summed E-state index contributed by atoms with van der Waals surface area (Å²) in [7, 11) is 1.99.